The molecule has 2 aromatic carbocycles. The number of anilines is 2. The van der Waals surface area contributed by atoms with E-state index < -0.39 is 23.7 Å². The van der Waals surface area contributed by atoms with Crippen molar-refractivity contribution in [3.63, 3.8) is 0 Å². The van der Waals surface area contributed by atoms with Gasteiger partial charge in [0.25, 0.3) is 11.8 Å². The number of aromatic nitrogens is 1. The topological polar surface area (TPSA) is 132 Å². The third-order valence-corrected chi connectivity index (χ3v) is 8.27. The van der Waals surface area contributed by atoms with Gasteiger partial charge in [-0.15, -0.1) is 0 Å². The van der Waals surface area contributed by atoms with Gasteiger partial charge in [-0.3, -0.25) is 24.2 Å². The number of carbonyl (C=O) groups is 4. The van der Waals surface area contributed by atoms with Gasteiger partial charge in [-0.2, -0.15) is 0 Å². The van der Waals surface area contributed by atoms with E-state index in [-0.39, 0.29) is 29.7 Å². The SMILES string of the molecule is O=C(O)CC(NC(=O)c1ccc(N2CCN(C(=O)c3cccnc3)CC2)c(NC(=O)C2CCCCC2)c1)c1ccc(F)cc1. The summed E-state index contributed by atoms with van der Waals surface area (Å²) in [7, 11) is 0. The molecule has 10 nitrogen and oxygen atoms in total. The van der Waals surface area contributed by atoms with Crippen LogP contribution in [0.25, 0.3) is 0 Å². The van der Waals surface area contributed by atoms with Gasteiger partial charge in [0.15, 0.2) is 0 Å². The maximum absolute atomic E-state index is 13.5. The summed E-state index contributed by atoms with van der Waals surface area (Å²) in [6, 6.07) is 12.9. The van der Waals surface area contributed by atoms with E-state index in [0.717, 1.165) is 37.8 Å². The summed E-state index contributed by atoms with van der Waals surface area (Å²) in [4.78, 5) is 59.1. The van der Waals surface area contributed by atoms with Gasteiger partial charge in [0.1, 0.15) is 5.82 Å². The molecule has 2 heterocycles. The van der Waals surface area contributed by atoms with Gasteiger partial charge >= 0.3 is 5.97 Å². The minimum atomic E-state index is -1.11. The maximum Gasteiger partial charge on any atom is 0.305 e. The van der Waals surface area contributed by atoms with Gasteiger partial charge in [0, 0.05) is 50.1 Å². The van der Waals surface area contributed by atoms with Crippen molar-refractivity contribution in [3.8, 4) is 0 Å². The van der Waals surface area contributed by atoms with Crippen LogP contribution in [-0.4, -0.2) is 64.9 Å². The first-order chi connectivity index (χ1) is 21.3. The van der Waals surface area contributed by atoms with Crippen LogP contribution in [0.5, 0.6) is 0 Å². The molecule has 2 fully saturated rings. The number of hydrogen-bond acceptors (Lipinski definition) is 6. The number of hydrogen-bond donors (Lipinski definition) is 3. The number of halogens is 1. The van der Waals surface area contributed by atoms with Crippen LogP contribution in [0.3, 0.4) is 0 Å². The van der Waals surface area contributed by atoms with Crippen molar-refractivity contribution in [2.24, 2.45) is 5.92 Å². The molecule has 1 aromatic heterocycles. The summed E-state index contributed by atoms with van der Waals surface area (Å²) >= 11 is 0. The summed E-state index contributed by atoms with van der Waals surface area (Å²) in [5.41, 5.74) is 2.45. The molecule has 230 valence electrons. The Morgan fingerprint density at radius 1 is 0.932 bits per heavy atom. The number of carboxylic acids is 1. The zero-order valence-corrected chi connectivity index (χ0v) is 24.4. The van der Waals surface area contributed by atoms with Crippen LogP contribution in [-0.2, 0) is 9.59 Å². The number of nitrogens with one attached hydrogen (secondary N) is 2. The van der Waals surface area contributed by atoms with Crippen molar-refractivity contribution in [3.05, 3.63) is 89.5 Å². The summed E-state index contributed by atoms with van der Waals surface area (Å²) in [5, 5.41) is 15.3. The normalized spacial score (nSPS) is 16.2. The maximum atomic E-state index is 13.5. The van der Waals surface area contributed by atoms with Crippen LogP contribution in [0.2, 0.25) is 0 Å². The molecule has 1 unspecified atom stereocenters. The van der Waals surface area contributed by atoms with Crippen LogP contribution in [0.15, 0.2) is 67.0 Å². The van der Waals surface area contributed by atoms with Crippen molar-refractivity contribution < 1.29 is 28.7 Å². The second-order valence-electron chi connectivity index (χ2n) is 11.3. The van der Waals surface area contributed by atoms with Gasteiger partial charge in [0.2, 0.25) is 5.91 Å². The Bertz CT molecular complexity index is 1490. The molecule has 0 radical (unpaired) electrons. The predicted octanol–water partition coefficient (Wildman–Crippen LogP) is 4.65. The van der Waals surface area contributed by atoms with E-state index in [1.807, 2.05) is 0 Å². The minimum Gasteiger partial charge on any atom is -0.481 e. The van der Waals surface area contributed by atoms with Gasteiger partial charge in [0.05, 0.1) is 29.4 Å². The zero-order valence-electron chi connectivity index (χ0n) is 24.4. The van der Waals surface area contributed by atoms with E-state index >= 15 is 0 Å². The highest BCUT2D eigenvalue weighted by atomic mass is 19.1. The Hall–Kier alpha value is -4.80. The smallest absolute Gasteiger partial charge is 0.305 e. The Balaban J connectivity index is 1.36. The number of nitrogens with zero attached hydrogens (tertiary/aromatic N) is 3. The number of rotatable bonds is 9. The zero-order chi connectivity index (χ0) is 31.1. The summed E-state index contributed by atoms with van der Waals surface area (Å²) in [6.07, 6.45) is 7.51. The molecule has 44 heavy (non-hydrogen) atoms. The van der Waals surface area contributed by atoms with E-state index in [2.05, 4.69) is 20.5 Å². The van der Waals surface area contributed by atoms with Crippen LogP contribution >= 0.6 is 0 Å². The molecular weight excluding hydrogens is 565 g/mol. The average molecular weight is 602 g/mol. The fourth-order valence-corrected chi connectivity index (χ4v) is 5.84. The second-order valence-corrected chi connectivity index (χ2v) is 11.3. The molecule has 2 aliphatic rings. The summed E-state index contributed by atoms with van der Waals surface area (Å²) in [5.74, 6) is -2.40. The first-order valence-corrected chi connectivity index (χ1v) is 15.0. The lowest BCUT2D eigenvalue weighted by molar-refractivity contribution is -0.137. The first kappa shape index (κ1) is 30.7. The Morgan fingerprint density at radius 3 is 2.32 bits per heavy atom. The van der Waals surface area contributed by atoms with Crippen LogP contribution < -0.4 is 15.5 Å². The summed E-state index contributed by atoms with van der Waals surface area (Å²) < 4.78 is 13.5. The lowest BCUT2D eigenvalue weighted by Crippen LogP contribution is -2.49. The molecule has 1 saturated carbocycles. The molecule has 0 spiro atoms. The fraction of sp³-hybridized carbons (Fsp3) is 0.364. The molecule has 5 rings (SSSR count). The third-order valence-electron chi connectivity index (χ3n) is 8.27. The summed E-state index contributed by atoms with van der Waals surface area (Å²) in [6.45, 7) is 1.99. The molecule has 0 bridgehead atoms. The molecule has 3 N–H and O–H groups in total. The molecule has 1 atom stereocenters. The largest absolute Gasteiger partial charge is 0.481 e. The van der Waals surface area contributed by atoms with Crippen molar-refractivity contribution in [2.75, 3.05) is 36.4 Å². The Labute approximate surface area is 255 Å². The second kappa shape index (κ2) is 14.1. The van der Waals surface area contributed by atoms with Crippen molar-refractivity contribution in [2.45, 2.75) is 44.6 Å². The molecule has 11 heteroatoms. The fourth-order valence-electron chi connectivity index (χ4n) is 5.84. The number of piperazine rings is 1. The Morgan fingerprint density at radius 2 is 1.66 bits per heavy atom. The lowest BCUT2D eigenvalue weighted by Gasteiger charge is -2.37. The number of pyridine rings is 1. The lowest BCUT2D eigenvalue weighted by atomic mass is 9.88. The predicted molar refractivity (Wildman–Crippen MR) is 163 cm³/mol. The monoisotopic (exact) mass is 601 g/mol. The molecule has 1 aliphatic carbocycles. The number of benzene rings is 2. The number of carboxylic acid groups (broad SMARTS) is 1. The van der Waals surface area contributed by atoms with E-state index in [1.165, 1.54) is 24.3 Å². The third kappa shape index (κ3) is 7.58. The molecule has 1 saturated heterocycles. The van der Waals surface area contributed by atoms with Crippen molar-refractivity contribution in [1.29, 1.82) is 0 Å². The first-order valence-electron chi connectivity index (χ1n) is 15.0. The van der Waals surface area contributed by atoms with Crippen LogP contribution in [0.4, 0.5) is 15.8 Å². The van der Waals surface area contributed by atoms with E-state index in [1.54, 1.807) is 47.6 Å². The van der Waals surface area contributed by atoms with Crippen molar-refractivity contribution in [1.82, 2.24) is 15.2 Å². The van der Waals surface area contributed by atoms with Crippen LogP contribution in [0.1, 0.15) is 70.8 Å². The number of aliphatic carboxylic acids is 1. The van der Waals surface area contributed by atoms with E-state index in [9.17, 15) is 28.7 Å². The highest BCUT2D eigenvalue weighted by Gasteiger charge is 2.27. The minimum absolute atomic E-state index is 0.0901. The average Bonchev–Trinajstić information content (AvgIpc) is 3.05. The van der Waals surface area contributed by atoms with Gasteiger partial charge in [-0.05, 0) is 60.9 Å². The molecular formula is C33H36FN5O5. The quantitative estimate of drug-likeness (QED) is 0.325. The van der Waals surface area contributed by atoms with E-state index in [0.29, 0.717) is 43.0 Å². The van der Waals surface area contributed by atoms with Gasteiger partial charge < -0.3 is 25.5 Å². The standard InChI is InChI=1S/C33H36FN5O5/c34-26-11-8-22(9-12-26)27(20-30(40)41)36-32(43)24-10-13-29(28(19-24)37-31(42)23-5-2-1-3-6-23)38-15-17-39(18-16-38)33(44)25-7-4-14-35-21-25/h4,7-14,19,21,23,27H,1-3,5-6,15-18,20H2,(H,36,43)(H,37,42)(H,40,41). The molecule has 3 amide bonds. The van der Waals surface area contributed by atoms with E-state index in [4.69, 9.17) is 0 Å². The number of amides is 3. The highest BCUT2D eigenvalue weighted by Crippen LogP contribution is 2.32. The van der Waals surface area contributed by atoms with Crippen molar-refractivity contribution >= 4 is 35.1 Å². The Kier molecular flexibility index (Phi) is 9.83. The van der Waals surface area contributed by atoms with Gasteiger partial charge in [-0.1, -0.05) is 31.4 Å². The van der Waals surface area contributed by atoms with Gasteiger partial charge in [-0.25, -0.2) is 4.39 Å². The highest BCUT2D eigenvalue weighted by molar-refractivity contribution is 6.01. The van der Waals surface area contributed by atoms with Crippen LogP contribution in [0, 0.1) is 11.7 Å². The molecule has 3 aromatic rings. The molecule has 1 aliphatic heterocycles. The number of carbonyl (C=O) groups excluding carboxylic acids is 3.